The van der Waals surface area contributed by atoms with Crippen LogP contribution in [0.1, 0.15) is 84.5 Å². The average molecular weight is 371 g/mol. The van der Waals surface area contributed by atoms with Crippen molar-refractivity contribution in [1.82, 2.24) is 4.90 Å². The average Bonchev–Trinajstić information content (AvgIpc) is 3.14. The number of hydrogen-bond acceptors (Lipinski definition) is 4. The molecule has 27 heavy (non-hydrogen) atoms. The van der Waals surface area contributed by atoms with Gasteiger partial charge in [0, 0.05) is 0 Å². The van der Waals surface area contributed by atoms with E-state index >= 15 is 0 Å². The minimum Gasteiger partial charge on any atom is -0.444 e. The molecular formula is C21H30BNO4. The van der Waals surface area contributed by atoms with Crippen molar-refractivity contribution < 1.29 is 18.8 Å². The Labute approximate surface area is 162 Å². The zero-order valence-electron chi connectivity index (χ0n) is 17.5. The van der Waals surface area contributed by atoms with Gasteiger partial charge in [0.1, 0.15) is 5.60 Å². The molecule has 0 saturated carbocycles. The molecule has 1 aromatic carbocycles. The van der Waals surface area contributed by atoms with E-state index in [9.17, 15) is 4.79 Å². The molecule has 0 aromatic heterocycles. The first-order chi connectivity index (χ1) is 12.4. The number of amides is 1. The Bertz CT molecular complexity index is 767. The van der Waals surface area contributed by atoms with Crippen molar-refractivity contribution in [2.75, 3.05) is 0 Å². The van der Waals surface area contributed by atoms with Gasteiger partial charge < -0.3 is 14.0 Å². The normalized spacial score (nSPS) is 27.8. The molecule has 3 aliphatic rings. The van der Waals surface area contributed by atoms with E-state index in [4.69, 9.17) is 14.0 Å². The zero-order valence-corrected chi connectivity index (χ0v) is 17.5. The molecular weight excluding hydrogens is 341 g/mol. The third-order valence-electron chi connectivity index (χ3n) is 6.34. The van der Waals surface area contributed by atoms with Crippen molar-refractivity contribution in [1.29, 1.82) is 0 Å². The van der Waals surface area contributed by atoms with Crippen LogP contribution in [0.2, 0.25) is 0 Å². The molecule has 2 bridgehead atoms. The van der Waals surface area contributed by atoms with Crippen LogP contribution in [0.5, 0.6) is 0 Å². The molecule has 5 nitrogen and oxygen atoms in total. The highest BCUT2D eigenvalue weighted by molar-refractivity contribution is 6.62. The van der Waals surface area contributed by atoms with Gasteiger partial charge in [0.05, 0.1) is 23.3 Å². The number of nitrogens with zero attached hydrogens (tertiary/aromatic N) is 1. The van der Waals surface area contributed by atoms with Crippen LogP contribution in [0.3, 0.4) is 0 Å². The van der Waals surface area contributed by atoms with Gasteiger partial charge in [-0.05, 0) is 77.9 Å². The van der Waals surface area contributed by atoms with E-state index in [1.165, 1.54) is 11.1 Å². The van der Waals surface area contributed by atoms with E-state index in [-0.39, 0.29) is 36.5 Å². The Morgan fingerprint density at radius 3 is 2.19 bits per heavy atom. The Hall–Kier alpha value is -1.53. The number of hydrogen-bond donors (Lipinski definition) is 0. The van der Waals surface area contributed by atoms with Gasteiger partial charge in [-0.1, -0.05) is 18.2 Å². The Morgan fingerprint density at radius 2 is 1.63 bits per heavy atom. The number of ether oxygens (including phenoxy) is 1. The summed E-state index contributed by atoms with van der Waals surface area (Å²) in [6.45, 7) is 14.0. The Kier molecular flexibility index (Phi) is 4.00. The predicted octanol–water partition coefficient (Wildman–Crippen LogP) is 4.11. The van der Waals surface area contributed by atoms with E-state index in [2.05, 4.69) is 45.9 Å². The molecule has 4 rings (SSSR count). The van der Waals surface area contributed by atoms with E-state index in [1.807, 2.05) is 25.7 Å². The number of fused-ring (bicyclic) bond motifs is 5. The highest BCUT2D eigenvalue weighted by Crippen LogP contribution is 2.53. The van der Waals surface area contributed by atoms with Crippen LogP contribution in [0.4, 0.5) is 4.79 Å². The SMILES string of the molecule is CC(C)(C)OC(=O)N1C2CCC1c1cc(B3OC(C)(C)C(C)(C)O3)ccc12. The number of rotatable bonds is 1. The molecule has 146 valence electrons. The minimum absolute atomic E-state index is 0.0854. The number of benzene rings is 1. The first-order valence-electron chi connectivity index (χ1n) is 9.90. The van der Waals surface area contributed by atoms with Gasteiger partial charge in [0.15, 0.2) is 0 Å². The van der Waals surface area contributed by atoms with Gasteiger partial charge >= 0.3 is 13.2 Å². The summed E-state index contributed by atoms with van der Waals surface area (Å²) in [5.41, 5.74) is 2.25. The molecule has 3 aliphatic heterocycles. The van der Waals surface area contributed by atoms with Gasteiger partial charge in [-0.2, -0.15) is 0 Å². The monoisotopic (exact) mass is 371 g/mol. The van der Waals surface area contributed by atoms with Crippen LogP contribution in [-0.4, -0.2) is 34.9 Å². The number of carbonyl (C=O) groups is 1. The molecule has 0 radical (unpaired) electrons. The van der Waals surface area contributed by atoms with Gasteiger partial charge in [0.25, 0.3) is 0 Å². The summed E-state index contributed by atoms with van der Waals surface area (Å²) in [6.07, 6.45) is 1.75. The van der Waals surface area contributed by atoms with Crippen molar-refractivity contribution in [2.45, 2.75) is 90.2 Å². The summed E-state index contributed by atoms with van der Waals surface area (Å²) in [6, 6.07) is 6.58. The molecule has 2 unspecified atom stereocenters. The molecule has 2 saturated heterocycles. The summed E-state index contributed by atoms with van der Waals surface area (Å²) in [7, 11) is -0.380. The van der Waals surface area contributed by atoms with Gasteiger partial charge in [0.2, 0.25) is 0 Å². The smallest absolute Gasteiger partial charge is 0.444 e. The lowest BCUT2D eigenvalue weighted by Gasteiger charge is -2.32. The van der Waals surface area contributed by atoms with Crippen LogP contribution in [0, 0.1) is 0 Å². The van der Waals surface area contributed by atoms with Gasteiger partial charge in [-0.15, -0.1) is 0 Å². The van der Waals surface area contributed by atoms with Gasteiger partial charge in [-0.3, -0.25) is 4.90 Å². The molecule has 0 aliphatic carbocycles. The van der Waals surface area contributed by atoms with Gasteiger partial charge in [-0.25, -0.2) is 4.79 Å². The van der Waals surface area contributed by atoms with Crippen molar-refractivity contribution >= 4 is 18.7 Å². The van der Waals surface area contributed by atoms with Crippen molar-refractivity contribution in [3.05, 3.63) is 29.3 Å². The summed E-state index contributed by atoms with van der Waals surface area (Å²) >= 11 is 0. The second-order valence-corrected chi connectivity index (χ2v) is 9.97. The lowest BCUT2D eigenvalue weighted by molar-refractivity contribution is 0.00578. The highest BCUT2D eigenvalue weighted by atomic mass is 16.7. The molecule has 1 amide bonds. The summed E-state index contributed by atoms with van der Waals surface area (Å²) in [5.74, 6) is 0. The maximum absolute atomic E-state index is 12.8. The van der Waals surface area contributed by atoms with Crippen LogP contribution < -0.4 is 5.46 Å². The van der Waals surface area contributed by atoms with E-state index in [0.29, 0.717) is 0 Å². The Morgan fingerprint density at radius 1 is 1.07 bits per heavy atom. The van der Waals surface area contributed by atoms with Crippen molar-refractivity contribution in [3.63, 3.8) is 0 Å². The summed E-state index contributed by atoms with van der Waals surface area (Å²) in [5, 5.41) is 0. The van der Waals surface area contributed by atoms with E-state index in [1.54, 1.807) is 0 Å². The molecule has 2 atom stereocenters. The topological polar surface area (TPSA) is 48.0 Å². The van der Waals surface area contributed by atoms with Crippen molar-refractivity contribution in [2.24, 2.45) is 0 Å². The standard InChI is InChI=1S/C21H30BNO4/c1-19(2,3)25-18(24)23-16-10-11-17(23)15-12-13(8-9-14(15)16)22-26-20(4,5)21(6,7)27-22/h8-9,12,16-17H,10-11H2,1-7H3. The molecule has 6 heteroatoms. The van der Waals surface area contributed by atoms with Crippen LogP contribution in [-0.2, 0) is 14.0 Å². The molecule has 0 N–H and O–H groups in total. The number of carbonyl (C=O) groups excluding carboxylic acids is 1. The Balaban J connectivity index is 1.60. The summed E-state index contributed by atoms with van der Waals surface area (Å²) in [4.78, 5) is 14.7. The highest BCUT2D eigenvalue weighted by Gasteiger charge is 2.53. The lowest BCUT2D eigenvalue weighted by atomic mass is 9.76. The summed E-state index contributed by atoms with van der Waals surface area (Å²) < 4.78 is 18.1. The van der Waals surface area contributed by atoms with Crippen molar-refractivity contribution in [3.8, 4) is 0 Å². The fourth-order valence-electron chi connectivity index (χ4n) is 4.30. The third-order valence-corrected chi connectivity index (χ3v) is 6.34. The third kappa shape index (κ3) is 2.97. The molecule has 2 fully saturated rings. The van der Waals surface area contributed by atoms with Crippen LogP contribution in [0.15, 0.2) is 18.2 Å². The predicted molar refractivity (Wildman–Crippen MR) is 105 cm³/mol. The molecule has 1 aromatic rings. The fraction of sp³-hybridized carbons (Fsp3) is 0.667. The lowest BCUT2D eigenvalue weighted by Crippen LogP contribution is -2.41. The van der Waals surface area contributed by atoms with Crippen LogP contribution in [0.25, 0.3) is 0 Å². The molecule has 0 spiro atoms. The van der Waals surface area contributed by atoms with E-state index in [0.717, 1.165) is 18.3 Å². The fourth-order valence-corrected chi connectivity index (χ4v) is 4.30. The molecule has 3 heterocycles. The first kappa shape index (κ1) is 18.8. The maximum Gasteiger partial charge on any atom is 0.494 e. The minimum atomic E-state index is -0.487. The second kappa shape index (κ2) is 5.74. The quantitative estimate of drug-likeness (QED) is 0.697. The van der Waals surface area contributed by atoms with Crippen LogP contribution >= 0.6 is 0 Å². The largest absolute Gasteiger partial charge is 0.494 e. The zero-order chi connectivity index (χ0) is 19.8. The maximum atomic E-state index is 12.8. The second-order valence-electron chi connectivity index (χ2n) is 9.97. The first-order valence-corrected chi connectivity index (χ1v) is 9.90. The van der Waals surface area contributed by atoms with E-state index < -0.39 is 5.60 Å².